The normalized spacial score (nSPS) is 17.2. The molecule has 0 saturated carbocycles. The van der Waals surface area contributed by atoms with Gasteiger partial charge >= 0.3 is 0 Å². The molecule has 2 rings (SSSR count). The molecule has 1 aliphatic heterocycles. The molecule has 0 bridgehead atoms. The molecule has 25 heavy (non-hydrogen) atoms. The van der Waals surface area contributed by atoms with Crippen molar-refractivity contribution in [2.45, 2.75) is 19.3 Å². The molecule has 138 valence electrons. The molecule has 6 heteroatoms. The van der Waals surface area contributed by atoms with Crippen molar-refractivity contribution < 1.29 is 14.3 Å². The van der Waals surface area contributed by atoms with Crippen molar-refractivity contribution in [3.8, 4) is 5.75 Å². The highest BCUT2D eigenvalue weighted by Crippen LogP contribution is 2.19. The van der Waals surface area contributed by atoms with E-state index >= 15 is 0 Å². The molecule has 1 heterocycles. The molecular weight excluding hydrogens is 318 g/mol. The molecule has 1 N–H and O–H groups in total. The van der Waals surface area contributed by atoms with Gasteiger partial charge in [-0.15, -0.1) is 0 Å². The molecule has 6 nitrogen and oxygen atoms in total. The predicted molar refractivity (Wildman–Crippen MR) is 97.6 cm³/mol. The third kappa shape index (κ3) is 6.05. The molecule has 1 aromatic carbocycles. The predicted octanol–water partition coefficient (Wildman–Crippen LogP) is 1.15. The van der Waals surface area contributed by atoms with E-state index in [9.17, 15) is 9.59 Å². The summed E-state index contributed by atoms with van der Waals surface area (Å²) in [6, 6.07) is 7.86. The number of carbonyl (C=O) groups is 2. The van der Waals surface area contributed by atoms with Crippen molar-refractivity contribution in [1.29, 1.82) is 0 Å². The van der Waals surface area contributed by atoms with Gasteiger partial charge in [-0.1, -0.05) is 12.1 Å². The second-order valence-electron chi connectivity index (χ2n) is 6.79. The van der Waals surface area contributed by atoms with Crippen LogP contribution in [0.1, 0.15) is 18.4 Å². The molecule has 0 spiro atoms. The van der Waals surface area contributed by atoms with Crippen molar-refractivity contribution in [2.75, 3.05) is 47.4 Å². The van der Waals surface area contributed by atoms with Crippen LogP contribution in [0.15, 0.2) is 24.3 Å². The molecule has 1 unspecified atom stereocenters. The van der Waals surface area contributed by atoms with E-state index < -0.39 is 0 Å². The van der Waals surface area contributed by atoms with Crippen LogP contribution in [0.3, 0.4) is 0 Å². The minimum atomic E-state index is -0.220. The first kappa shape index (κ1) is 19.2. The minimum Gasteiger partial charge on any atom is -0.497 e. The van der Waals surface area contributed by atoms with Gasteiger partial charge in [-0.2, -0.15) is 0 Å². The Morgan fingerprint density at radius 1 is 1.32 bits per heavy atom. The van der Waals surface area contributed by atoms with Gasteiger partial charge in [0.25, 0.3) is 0 Å². The van der Waals surface area contributed by atoms with Gasteiger partial charge in [-0.05, 0) is 51.2 Å². The van der Waals surface area contributed by atoms with E-state index in [2.05, 4.69) is 10.2 Å². The molecule has 1 aromatic rings. The molecule has 0 aliphatic carbocycles. The maximum Gasteiger partial charge on any atom is 0.225 e. The summed E-state index contributed by atoms with van der Waals surface area (Å²) in [6.07, 6.45) is 2.02. The Bertz CT molecular complexity index is 572. The minimum absolute atomic E-state index is 0.000876. The van der Waals surface area contributed by atoms with Crippen molar-refractivity contribution in [3.05, 3.63) is 29.8 Å². The Morgan fingerprint density at radius 3 is 2.68 bits per heavy atom. The summed E-state index contributed by atoms with van der Waals surface area (Å²) in [4.78, 5) is 28.2. The van der Waals surface area contributed by atoms with Crippen LogP contribution in [-0.4, -0.2) is 69.0 Å². The monoisotopic (exact) mass is 347 g/mol. The van der Waals surface area contributed by atoms with E-state index in [1.165, 1.54) is 0 Å². The molecule has 2 amide bonds. The van der Waals surface area contributed by atoms with E-state index in [1.807, 2.05) is 38.4 Å². The van der Waals surface area contributed by atoms with Crippen molar-refractivity contribution in [3.63, 3.8) is 0 Å². The lowest BCUT2D eigenvalue weighted by Gasteiger charge is -2.17. The van der Waals surface area contributed by atoms with E-state index in [-0.39, 0.29) is 17.7 Å². The van der Waals surface area contributed by atoms with Gasteiger partial charge < -0.3 is 19.9 Å². The van der Waals surface area contributed by atoms with Crippen molar-refractivity contribution in [2.24, 2.45) is 5.92 Å². The fraction of sp³-hybridized carbons (Fsp3) is 0.579. The Balaban J connectivity index is 1.74. The van der Waals surface area contributed by atoms with Crippen LogP contribution in [0, 0.1) is 5.92 Å². The molecular formula is C19H29N3O3. The van der Waals surface area contributed by atoms with Crippen LogP contribution in [0.2, 0.25) is 0 Å². The van der Waals surface area contributed by atoms with Gasteiger partial charge in [0.1, 0.15) is 5.75 Å². The van der Waals surface area contributed by atoms with Gasteiger partial charge in [0, 0.05) is 26.1 Å². The topological polar surface area (TPSA) is 61.9 Å². The van der Waals surface area contributed by atoms with Crippen LogP contribution in [-0.2, 0) is 16.0 Å². The first-order valence-corrected chi connectivity index (χ1v) is 8.82. The first-order chi connectivity index (χ1) is 12.0. The van der Waals surface area contributed by atoms with Crippen molar-refractivity contribution in [1.82, 2.24) is 15.1 Å². The van der Waals surface area contributed by atoms with Gasteiger partial charge in [-0.25, -0.2) is 0 Å². The van der Waals surface area contributed by atoms with Crippen LogP contribution >= 0.6 is 0 Å². The Morgan fingerprint density at radius 2 is 2.04 bits per heavy atom. The van der Waals surface area contributed by atoms with Gasteiger partial charge in [0.05, 0.1) is 13.0 Å². The van der Waals surface area contributed by atoms with Crippen LogP contribution < -0.4 is 10.1 Å². The molecule has 1 atom stereocenters. The summed E-state index contributed by atoms with van der Waals surface area (Å²) in [5.74, 6) is 0.677. The lowest BCUT2D eigenvalue weighted by molar-refractivity contribution is -0.129. The van der Waals surface area contributed by atoms with Crippen LogP contribution in [0.5, 0.6) is 5.75 Å². The second-order valence-corrected chi connectivity index (χ2v) is 6.79. The van der Waals surface area contributed by atoms with E-state index in [1.54, 1.807) is 12.0 Å². The fourth-order valence-electron chi connectivity index (χ4n) is 2.97. The largest absolute Gasteiger partial charge is 0.497 e. The molecule has 0 aromatic heterocycles. The number of ether oxygens (including phenoxy) is 1. The zero-order chi connectivity index (χ0) is 18.2. The van der Waals surface area contributed by atoms with Gasteiger partial charge in [0.2, 0.25) is 11.8 Å². The van der Waals surface area contributed by atoms with Crippen LogP contribution in [0.4, 0.5) is 0 Å². The molecule has 0 radical (unpaired) electrons. The maximum absolute atomic E-state index is 12.2. The van der Waals surface area contributed by atoms with E-state index in [0.717, 1.165) is 30.7 Å². The number of likely N-dealkylation sites (tertiary alicyclic amines) is 1. The molecule has 1 aliphatic rings. The third-order valence-corrected chi connectivity index (χ3v) is 4.50. The Kier molecular flexibility index (Phi) is 7.25. The van der Waals surface area contributed by atoms with E-state index in [4.69, 9.17) is 4.74 Å². The quantitative estimate of drug-likeness (QED) is 0.681. The fourth-order valence-corrected chi connectivity index (χ4v) is 2.97. The summed E-state index contributed by atoms with van der Waals surface area (Å²) in [6.45, 7) is 2.77. The number of carbonyl (C=O) groups excluding carboxylic acids is 2. The number of hydrogen-bond acceptors (Lipinski definition) is 4. The number of hydrogen-bond donors (Lipinski definition) is 1. The number of rotatable bonds is 9. The summed E-state index contributed by atoms with van der Waals surface area (Å²) < 4.78 is 5.15. The number of benzene rings is 1. The standard InChI is InChI=1S/C19H29N3O3/c1-21(2)11-4-10-20-19(24)16-13-18(23)22(14-16)12-9-15-5-7-17(25-3)8-6-15/h5-8,16H,4,9-14H2,1-3H3,(H,20,24). The smallest absolute Gasteiger partial charge is 0.225 e. The molecule has 1 fully saturated rings. The highest BCUT2D eigenvalue weighted by atomic mass is 16.5. The highest BCUT2D eigenvalue weighted by Gasteiger charge is 2.33. The summed E-state index contributed by atoms with van der Waals surface area (Å²) in [7, 11) is 5.67. The first-order valence-electron chi connectivity index (χ1n) is 8.82. The third-order valence-electron chi connectivity index (χ3n) is 4.50. The zero-order valence-corrected chi connectivity index (χ0v) is 15.5. The number of nitrogens with one attached hydrogen (secondary N) is 1. The van der Waals surface area contributed by atoms with Gasteiger partial charge in [0.15, 0.2) is 0 Å². The summed E-state index contributed by atoms with van der Waals surface area (Å²) in [5, 5.41) is 2.95. The Hall–Kier alpha value is -2.08. The van der Waals surface area contributed by atoms with Gasteiger partial charge in [-0.3, -0.25) is 9.59 Å². The summed E-state index contributed by atoms with van der Waals surface area (Å²) in [5.41, 5.74) is 1.16. The Labute approximate surface area is 150 Å². The lowest BCUT2D eigenvalue weighted by Crippen LogP contribution is -2.34. The lowest BCUT2D eigenvalue weighted by atomic mass is 10.1. The van der Waals surface area contributed by atoms with Crippen molar-refractivity contribution >= 4 is 11.8 Å². The SMILES string of the molecule is COc1ccc(CCN2CC(C(=O)NCCCN(C)C)CC2=O)cc1. The molecule has 1 saturated heterocycles. The number of methoxy groups -OCH3 is 1. The average Bonchev–Trinajstić information content (AvgIpc) is 2.98. The number of nitrogens with zero attached hydrogens (tertiary/aromatic N) is 2. The second kappa shape index (κ2) is 9.42. The number of amides is 2. The van der Waals surface area contributed by atoms with E-state index in [0.29, 0.717) is 26.1 Å². The zero-order valence-electron chi connectivity index (χ0n) is 15.5. The maximum atomic E-state index is 12.2. The highest BCUT2D eigenvalue weighted by molar-refractivity contribution is 5.89. The summed E-state index contributed by atoms with van der Waals surface area (Å²) >= 11 is 0. The average molecular weight is 347 g/mol. The van der Waals surface area contributed by atoms with Crippen LogP contribution in [0.25, 0.3) is 0 Å².